The summed E-state index contributed by atoms with van der Waals surface area (Å²) in [5.41, 5.74) is 0.907. The summed E-state index contributed by atoms with van der Waals surface area (Å²) in [6.07, 6.45) is 5.53. The molecule has 0 saturated carbocycles. The summed E-state index contributed by atoms with van der Waals surface area (Å²) in [6.45, 7) is 0.431. The molecule has 3 aromatic heterocycles. The molecule has 1 N–H and O–H groups in total. The van der Waals surface area contributed by atoms with Crippen LogP contribution in [0.15, 0.2) is 28.5 Å². The number of aryl methyl sites for hydroxylation is 2. The van der Waals surface area contributed by atoms with E-state index >= 15 is 0 Å². The molecule has 1 aliphatic carbocycles. The molecule has 0 spiro atoms. The molecule has 5 nitrogen and oxygen atoms in total. The molecule has 0 aliphatic heterocycles. The Bertz CT molecular complexity index is 925. The molecule has 23 heavy (non-hydrogen) atoms. The number of carbonyl (C=O) groups is 1. The second kappa shape index (κ2) is 5.90. The van der Waals surface area contributed by atoms with Crippen molar-refractivity contribution in [1.82, 2.24) is 14.7 Å². The van der Waals surface area contributed by atoms with Crippen molar-refractivity contribution in [2.24, 2.45) is 0 Å². The lowest BCUT2D eigenvalue weighted by molar-refractivity contribution is 0.0949. The summed E-state index contributed by atoms with van der Waals surface area (Å²) < 4.78 is 1.64. The maximum atomic E-state index is 12.7. The van der Waals surface area contributed by atoms with Gasteiger partial charge in [0.2, 0.25) is 0 Å². The number of carbonyl (C=O) groups excluding carboxylic acids is 1. The molecule has 118 valence electrons. The molecule has 0 aromatic carbocycles. The van der Waals surface area contributed by atoms with Gasteiger partial charge < -0.3 is 5.32 Å². The van der Waals surface area contributed by atoms with Crippen molar-refractivity contribution in [3.8, 4) is 0 Å². The van der Waals surface area contributed by atoms with Crippen LogP contribution < -0.4 is 10.9 Å². The van der Waals surface area contributed by atoms with Gasteiger partial charge in [-0.3, -0.25) is 14.0 Å². The van der Waals surface area contributed by atoms with Gasteiger partial charge in [0.25, 0.3) is 11.5 Å². The van der Waals surface area contributed by atoms with E-state index in [4.69, 9.17) is 0 Å². The minimum absolute atomic E-state index is 0.116. The van der Waals surface area contributed by atoms with Crippen LogP contribution in [-0.2, 0) is 19.4 Å². The number of aromatic nitrogens is 2. The van der Waals surface area contributed by atoms with Crippen LogP contribution in [0.25, 0.3) is 4.96 Å². The van der Waals surface area contributed by atoms with Crippen LogP contribution in [0.5, 0.6) is 0 Å². The van der Waals surface area contributed by atoms with Gasteiger partial charge in [-0.15, -0.1) is 22.7 Å². The quantitative estimate of drug-likeness (QED) is 0.794. The lowest BCUT2D eigenvalue weighted by atomic mass is 10.0. The monoisotopic (exact) mass is 345 g/mol. The van der Waals surface area contributed by atoms with E-state index in [-0.39, 0.29) is 17.0 Å². The topological polar surface area (TPSA) is 63.5 Å². The Labute approximate surface area is 140 Å². The van der Waals surface area contributed by atoms with Crippen molar-refractivity contribution >= 4 is 33.5 Å². The summed E-state index contributed by atoms with van der Waals surface area (Å²) in [5, 5.41) is 4.76. The van der Waals surface area contributed by atoms with Crippen LogP contribution in [-0.4, -0.2) is 15.3 Å². The van der Waals surface area contributed by atoms with Crippen LogP contribution in [0.2, 0.25) is 0 Å². The first-order chi connectivity index (χ1) is 11.2. The Balaban J connectivity index is 1.68. The number of rotatable bonds is 3. The van der Waals surface area contributed by atoms with Gasteiger partial charge in [-0.1, -0.05) is 6.07 Å². The third kappa shape index (κ3) is 2.60. The van der Waals surface area contributed by atoms with E-state index in [0.29, 0.717) is 11.5 Å². The van der Waals surface area contributed by atoms with Crippen LogP contribution in [0, 0.1) is 0 Å². The fourth-order valence-corrected chi connectivity index (χ4v) is 4.71. The number of hydrogen-bond donors (Lipinski definition) is 1. The summed E-state index contributed by atoms with van der Waals surface area (Å²) >= 11 is 3.14. The second-order valence-electron chi connectivity index (χ2n) is 5.54. The van der Waals surface area contributed by atoms with Gasteiger partial charge in [0.05, 0.1) is 6.54 Å². The highest BCUT2D eigenvalue weighted by molar-refractivity contribution is 7.17. The first kappa shape index (κ1) is 14.6. The minimum Gasteiger partial charge on any atom is -0.347 e. The molecule has 3 heterocycles. The van der Waals surface area contributed by atoms with Crippen molar-refractivity contribution < 1.29 is 4.79 Å². The van der Waals surface area contributed by atoms with E-state index in [0.717, 1.165) is 36.3 Å². The molecular weight excluding hydrogens is 330 g/mol. The SMILES string of the molecule is O=C(NCc1cccs1)c1cnc2sc3c(n2c1=O)CCCC3. The number of amides is 1. The average Bonchev–Trinajstić information content (AvgIpc) is 3.20. The molecule has 3 aromatic rings. The minimum atomic E-state index is -0.360. The number of thiazole rings is 1. The lowest BCUT2D eigenvalue weighted by Gasteiger charge is -2.10. The summed E-state index contributed by atoms with van der Waals surface area (Å²) in [4.78, 5) is 32.4. The van der Waals surface area contributed by atoms with E-state index in [1.165, 1.54) is 11.1 Å². The Morgan fingerprint density at radius 1 is 1.35 bits per heavy atom. The number of hydrogen-bond acceptors (Lipinski definition) is 5. The second-order valence-corrected chi connectivity index (χ2v) is 7.63. The van der Waals surface area contributed by atoms with E-state index < -0.39 is 0 Å². The number of nitrogens with zero attached hydrogens (tertiary/aromatic N) is 2. The molecule has 0 atom stereocenters. The number of fused-ring (bicyclic) bond motifs is 3. The van der Waals surface area contributed by atoms with E-state index in [1.54, 1.807) is 27.1 Å². The van der Waals surface area contributed by atoms with Crippen LogP contribution in [0.4, 0.5) is 0 Å². The molecule has 1 amide bonds. The smallest absolute Gasteiger partial charge is 0.271 e. The van der Waals surface area contributed by atoms with Crippen molar-refractivity contribution in [2.45, 2.75) is 32.2 Å². The molecule has 1 aliphatic rings. The summed E-state index contributed by atoms with van der Waals surface area (Å²) in [7, 11) is 0. The Morgan fingerprint density at radius 2 is 2.22 bits per heavy atom. The van der Waals surface area contributed by atoms with Crippen LogP contribution in [0.1, 0.15) is 38.6 Å². The highest BCUT2D eigenvalue weighted by atomic mass is 32.1. The maximum Gasteiger partial charge on any atom is 0.271 e. The molecule has 4 rings (SSSR count). The van der Waals surface area contributed by atoms with Crippen molar-refractivity contribution in [2.75, 3.05) is 0 Å². The van der Waals surface area contributed by atoms with Gasteiger partial charge in [-0.25, -0.2) is 4.98 Å². The van der Waals surface area contributed by atoms with Gasteiger partial charge in [0.15, 0.2) is 4.96 Å². The fourth-order valence-electron chi connectivity index (χ4n) is 2.90. The predicted octanol–water partition coefficient (Wildman–Crippen LogP) is 2.63. The van der Waals surface area contributed by atoms with E-state index in [2.05, 4.69) is 10.3 Å². The summed E-state index contributed by atoms with van der Waals surface area (Å²) in [6, 6.07) is 3.89. The van der Waals surface area contributed by atoms with Gasteiger partial charge in [0, 0.05) is 21.6 Å². The Kier molecular flexibility index (Phi) is 3.74. The van der Waals surface area contributed by atoms with Crippen molar-refractivity contribution in [3.05, 3.63) is 55.1 Å². The first-order valence-electron chi connectivity index (χ1n) is 7.57. The van der Waals surface area contributed by atoms with Gasteiger partial charge >= 0.3 is 0 Å². The molecule has 0 saturated heterocycles. The zero-order valence-corrected chi connectivity index (χ0v) is 14.0. The lowest BCUT2D eigenvalue weighted by Crippen LogP contribution is -2.31. The number of nitrogens with one attached hydrogen (secondary N) is 1. The van der Waals surface area contributed by atoms with E-state index in [9.17, 15) is 9.59 Å². The standard InChI is InChI=1S/C16H15N3O2S2/c20-14(17-8-10-4-3-7-22-10)11-9-18-16-19(15(11)21)12-5-1-2-6-13(12)23-16/h3-4,7,9H,1-2,5-6,8H2,(H,17,20). The molecule has 7 heteroatoms. The van der Waals surface area contributed by atoms with Gasteiger partial charge in [-0.2, -0.15) is 0 Å². The first-order valence-corrected chi connectivity index (χ1v) is 9.26. The zero-order valence-electron chi connectivity index (χ0n) is 12.4. The van der Waals surface area contributed by atoms with Gasteiger partial charge in [-0.05, 0) is 37.1 Å². The average molecular weight is 345 g/mol. The van der Waals surface area contributed by atoms with Crippen LogP contribution in [0.3, 0.4) is 0 Å². The highest BCUT2D eigenvalue weighted by Gasteiger charge is 2.21. The predicted molar refractivity (Wildman–Crippen MR) is 91.5 cm³/mol. The Morgan fingerprint density at radius 3 is 3.04 bits per heavy atom. The van der Waals surface area contributed by atoms with Crippen molar-refractivity contribution in [3.63, 3.8) is 0 Å². The molecule has 0 radical (unpaired) electrons. The molecule has 0 unspecified atom stereocenters. The van der Waals surface area contributed by atoms with Crippen LogP contribution >= 0.6 is 22.7 Å². The summed E-state index contributed by atoms with van der Waals surface area (Å²) in [5.74, 6) is -0.360. The fraction of sp³-hybridized carbons (Fsp3) is 0.312. The molecule has 0 bridgehead atoms. The highest BCUT2D eigenvalue weighted by Crippen LogP contribution is 2.28. The maximum absolute atomic E-state index is 12.7. The van der Waals surface area contributed by atoms with Crippen molar-refractivity contribution in [1.29, 1.82) is 0 Å². The third-order valence-electron chi connectivity index (χ3n) is 4.05. The normalized spacial score (nSPS) is 13.9. The largest absolute Gasteiger partial charge is 0.347 e. The molecular formula is C16H15N3O2S2. The van der Waals surface area contributed by atoms with Gasteiger partial charge in [0.1, 0.15) is 5.56 Å². The Hall–Kier alpha value is -1.99. The zero-order chi connectivity index (χ0) is 15.8. The number of thiophene rings is 1. The molecule has 0 fully saturated rings. The van der Waals surface area contributed by atoms with E-state index in [1.807, 2.05) is 17.5 Å². The third-order valence-corrected chi connectivity index (χ3v) is 6.08.